The molecule has 13 rings (SSSR count). The molecule has 0 fully saturated rings. The summed E-state index contributed by atoms with van der Waals surface area (Å²) in [6.45, 7) is 4.17. The first-order valence-corrected chi connectivity index (χ1v) is 20.2. The molecule has 0 amide bonds. The lowest BCUT2D eigenvalue weighted by Gasteiger charge is -2.22. The van der Waals surface area contributed by atoms with E-state index in [4.69, 9.17) is 0 Å². The van der Waals surface area contributed by atoms with Crippen LogP contribution in [0.1, 0.15) is 35.9 Å². The lowest BCUT2D eigenvalue weighted by molar-refractivity contribution is 0.660. The third-order valence-corrected chi connectivity index (χ3v) is 13.0. The van der Waals surface area contributed by atoms with E-state index in [0.29, 0.717) is 16.7 Å². The Balaban J connectivity index is 1.12. The van der Waals surface area contributed by atoms with E-state index in [2.05, 4.69) is 74.5 Å². The van der Waals surface area contributed by atoms with Crippen LogP contribution in [0.15, 0.2) is 194 Å². The van der Waals surface area contributed by atoms with Gasteiger partial charge in [0.05, 0.1) is 11.0 Å². The van der Waals surface area contributed by atoms with Gasteiger partial charge in [0.15, 0.2) is 0 Å². The molecule has 0 spiro atoms. The molecule has 0 heteroatoms. The van der Waals surface area contributed by atoms with Gasteiger partial charge in [-0.2, -0.15) is 0 Å². The molecule has 12 aromatic carbocycles. The quantitative estimate of drug-likeness (QED) is 0.157. The summed E-state index contributed by atoms with van der Waals surface area (Å²) < 4.78 is 79.2. The van der Waals surface area contributed by atoms with Crippen LogP contribution in [-0.2, 0) is 5.41 Å². The second-order valence-corrected chi connectivity index (χ2v) is 16.5. The van der Waals surface area contributed by atoms with Crippen molar-refractivity contribution in [3.63, 3.8) is 0 Å². The highest BCUT2D eigenvalue weighted by atomic mass is 14.4. The Morgan fingerprint density at radius 1 is 0.305 bits per heavy atom. The van der Waals surface area contributed by atoms with Crippen LogP contribution in [0.4, 0.5) is 0 Å². The molecule has 0 heterocycles. The first-order chi connectivity index (χ1) is 32.4. The van der Waals surface area contributed by atoms with Crippen LogP contribution in [-0.4, -0.2) is 0 Å². The number of hydrogen-bond acceptors (Lipinski definition) is 0. The van der Waals surface area contributed by atoms with Crippen LogP contribution in [0, 0.1) is 0 Å². The van der Waals surface area contributed by atoms with Crippen molar-refractivity contribution >= 4 is 64.6 Å². The zero-order valence-corrected chi connectivity index (χ0v) is 32.4. The summed E-state index contributed by atoms with van der Waals surface area (Å²) in [6.07, 6.45) is 0. The van der Waals surface area contributed by atoms with Crippen molar-refractivity contribution in [2.24, 2.45) is 0 Å². The maximum atomic E-state index is 10.1. The van der Waals surface area contributed by atoms with E-state index >= 15 is 0 Å². The van der Waals surface area contributed by atoms with E-state index < -0.39 is 5.41 Å². The zero-order valence-electron chi connectivity index (χ0n) is 40.4. The summed E-state index contributed by atoms with van der Waals surface area (Å²) in [5, 5.41) is 11.9. The summed E-state index contributed by atoms with van der Waals surface area (Å²) >= 11 is 0. The summed E-state index contributed by atoms with van der Waals surface area (Å²) in [7, 11) is 0. The van der Waals surface area contributed by atoms with Gasteiger partial charge in [-0.05, 0) is 156 Å². The second-order valence-electron chi connectivity index (χ2n) is 16.5. The molecule has 1 aliphatic carbocycles. The van der Waals surface area contributed by atoms with Gasteiger partial charge in [0.1, 0.15) is 0 Å². The first-order valence-electron chi connectivity index (χ1n) is 24.2. The van der Waals surface area contributed by atoms with Gasteiger partial charge < -0.3 is 0 Å². The highest BCUT2D eigenvalue weighted by molar-refractivity contribution is 6.26. The molecule has 0 saturated carbocycles. The first kappa shape index (κ1) is 25.9. The van der Waals surface area contributed by atoms with Gasteiger partial charge in [0.25, 0.3) is 0 Å². The van der Waals surface area contributed by atoms with Crippen molar-refractivity contribution in [3.05, 3.63) is 205 Å². The Morgan fingerprint density at radius 2 is 0.746 bits per heavy atom. The smallest absolute Gasteiger partial charge is 0.0619 e. The van der Waals surface area contributed by atoms with Crippen molar-refractivity contribution in [1.29, 1.82) is 0 Å². The Hall–Kier alpha value is -7.28. The molecule has 0 N–H and O–H groups in total. The average Bonchev–Trinajstić information content (AvgIpc) is 3.57. The van der Waals surface area contributed by atoms with Crippen LogP contribution < -0.4 is 0 Å². The Kier molecular flexibility index (Phi) is 5.21. The van der Waals surface area contributed by atoms with Gasteiger partial charge in [-0.3, -0.25) is 0 Å². The topological polar surface area (TPSA) is 0 Å². The minimum absolute atomic E-state index is 0.0963. The molecule has 0 unspecified atom stereocenters. The zero-order chi connectivity index (χ0) is 45.9. The van der Waals surface area contributed by atoms with Gasteiger partial charge in [-0.15, -0.1) is 0 Å². The summed E-state index contributed by atoms with van der Waals surface area (Å²) in [6, 6.07) is 46.5. The Labute approximate surface area is 354 Å². The van der Waals surface area contributed by atoms with E-state index in [1.807, 2.05) is 78.9 Å². The molecule has 0 aliphatic heterocycles. The number of benzene rings is 12. The molecule has 0 bridgehead atoms. The number of hydrogen-bond donors (Lipinski definition) is 0. The molecule has 59 heavy (non-hydrogen) atoms. The van der Waals surface area contributed by atoms with E-state index in [9.17, 15) is 11.0 Å². The van der Waals surface area contributed by atoms with Gasteiger partial charge in [0.2, 0.25) is 0 Å². The van der Waals surface area contributed by atoms with Crippen LogP contribution in [0.25, 0.3) is 120 Å². The molecule has 0 saturated heterocycles. The van der Waals surface area contributed by atoms with Gasteiger partial charge >= 0.3 is 0 Å². The average molecular weight is 755 g/mol. The van der Waals surface area contributed by atoms with Crippen LogP contribution in [0.3, 0.4) is 0 Å². The molecule has 0 aromatic heterocycles. The molecule has 12 aromatic rings. The largest absolute Gasteiger partial charge is 0.0636 e. The lowest BCUT2D eigenvalue weighted by atomic mass is 9.81. The fourth-order valence-electron chi connectivity index (χ4n) is 10.1. The predicted octanol–water partition coefficient (Wildman–Crippen LogP) is 16.5. The van der Waals surface area contributed by atoms with Crippen LogP contribution in [0.2, 0.25) is 0 Å². The molecular formula is C59H38. The Bertz CT molecular complexity index is 4110. The third-order valence-electron chi connectivity index (χ3n) is 13.0. The lowest BCUT2D eigenvalue weighted by Crippen LogP contribution is -2.14. The van der Waals surface area contributed by atoms with Crippen LogP contribution >= 0.6 is 0 Å². The highest BCUT2D eigenvalue weighted by Gasteiger charge is 2.35. The van der Waals surface area contributed by atoms with Crippen molar-refractivity contribution < 1.29 is 11.0 Å². The third kappa shape index (κ3) is 4.66. The molecular weight excluding hydrogens is 709 g/mol. The van der Waals surface area contributed by atoms with E-state index in [1.165, 1.54) is 0 Å². The van der Waals surface area contributed by atoms with Crippen molar-refractivity contribution in [3.8, 4) is 55.6 Å². The predicted molar refractivity (Wildman–Crippen MR) is 253 cm³/mol. The highest BCUT2D eigenvalue weighted by Crippen LogP contribution is 2.50. The molecule has 0 radical (unpaired) electrons. The fraction of sp³-hybridized carbons (Fsp3) is 0.0508. The fourth-order valence-corrected chi connectivity index (χ4v) is 10.1. The summed E-state index contributed by atoms with van der Waals surface area (Å²) in [4.78, 5) is 0. The summed E-state index contributed by atoms with van der Waals surface area (Å²) in [5.41, 5.74) is 4.80. The molecule has 0 nitrogen and oxygen atoms in total. The number of fused-ring (bicyclic) bond motifs is 3. The standard InChI is InChI=1S/C59H38/c1-59(2)53-12-4-3-11-49(53)50-28-25-43(34-54(50)59)45-31-44(32-46(33-45)48-27-22-42-20-18-38-8-6-10-40-24-30-52(48)58(42)56(38)40)35-13-15-36(16-14-35)47-26-21-41-19-17-37-7-5-9-39-23-29-51(47)57(41)55(37)39/h3-34H,1-2H3/i13D,14D,15D,16D,31D,32D,33D,34D. The van der Waals surface area contributed by atoms with E-state index in [1.54, 1.807) is 6.07 Å². The van der Waals surface area contributed by atoms with E-state index in [0.717, 1.165) is 86.9 Å². The van der Waals surface area contributed by atoms with Gasteiger partial charge in [-0.1, -0.05) is 184 Å². The maximum Gasteiger partial charge on any atom is 0.0636 e. The minimum Gasteiger partial charge on any atom is -0.0619 e. The van der Waals surface area contributed by atoms with Gasteiger partial charge in [-0.25, -0.2) is 0 Å². The normalized spacial score (nSPS) is 15.3. The monoisotopic (exact) mass is 754 g/mol. The van der Waals surface area contributed by atoms with Crippen molar-refractivity contribution in [1.82, 2.24) is 0 Å². The van der Waals surface area contributed by atoms with E-state index in [-0.39, 0.29) is 76.2 Å². The SMILES string of the molecule is [2H]c1c([2H])c(-c2ccc3ccc4cccc5ccc2c3c45)c([2H])c([2H])c1-c1c([2H])c(-c2ccc3c(c2[2H])C(C)(C)c2ccccc2-3)c([2H])c(-c2ccc3ccc4cccc5ccc2c3c45)c1[2H]. The molecule has 274 valence electrons. The van der Waals surface area contributed by atoms with Crippen LogP contribution in [0.5, 0.6) is 0 Å². The second kappa shape index (κ2) is 11.9. The maximum absolute atomic E-state index is 10.1. The molecule has 0 atom stereocenters. The number of rotatable bonds is 4. The van der Waals surface area contributed by atoms with Crippen molar-refractivity contribution in [2.45, 2.75) is 19.3 Å². The summed E-state index contributed by atoms with van der Waals surface area (Å²) in [5.74, 6) is 0. The van der Waals surface area contributed by atoms with Gasteiger partial charge in [0, 0.05) is 5.41 Å². The minimum atomic E-state index is -0.569. The van der Waals surface area contributed by atoms with Crippen molar-refractivity contribution in [2.75, 3.05) is 0 Å². The molecule has 1 aliphatic rings. The Morgan fingerprint density at radius 3 is 1.36 bits per heavy atom.